The molecule has 3 aliphatic carbocycles. The van der Waals surface area contributed by atoms with Gasteiger partial charge in [0.2, 0.25) is 0 Å². The van der Waals surface area contributed by atoms with Crippen LogP contribution in [0.25, 0.3) is 0 Å². The standard InChI is InChI=1S/C25H34OSi/c1-24(2,3)27(22-10-6-4-7-11-22,23-12-8-5-9-13-23)26-20-25-17-14-21(15-18-25)16-19-25/h4-13,21H,14-20H2,1-3H3. The first-order valence-corrected chi connectivity index (χ1v) is 12.6. The molecule has 2 heteroatoms. The van der Waals surface area contributed by atoms with Crippen LogP contribution >= 0.6 is 0 Å². The first-order valence-electron chi connectivity index (χ1n) is 10.7. The normalized spacial score (nSPS) is 25.5. The summed E-state index contributed by atoms with van der Waals surface area (Å²) in [6.45, 7) is 8.09. The number of hydrogen-bond donors (Lipinski definition) is 0. The van der Waals surface area contributed by atoms with Crippen LogP contribution in [0.2, 0.25) is 5.04 Å². The molecule has 0 radical (unpaired) electrons. The summed E-state index contributed by atoms with van der Waals surface area (Å²) in [6, 6.07) is 22.2. The highest BCUT2D eigenvalue weighted by Gasteiger charge is 2.52. The van der Waals surface area contributed by atoms with E-state index in [0.29, 0.717) is 5.41 Å². The molecule has 0 unspecified atom stereocenters. The van der Waals surface area contributed by atoms with Crippen molar-refractivity contribution in [1.82, 2.24) is 0 Å². The maximum Gasteiger partial charge on any atom is 0.261 e. The second kappa shape index (κ2) is 7.22. The highest BCUT2D eigenvalue weighted by atomic mass is 28.4. The van der Waals surface area contributed by atoms with Gasteiger partial charge in [0.05, 0.1) is 0 Å². The predicted octanol–water partition coefficient (Wildman–Crippen LogP) is 5.53. The average Bonchev–Trinajstić information content (AvgIpc) is 2.70. The number of benzene rings is 2. The van der Waals surface area contributed by atoms with E-state index < -0.39 is 8.32 Å². The van der Waals surface area contributed by atoms with Crippen molar-refractivity contribution >= 4 is 18.7 Å². The Labute approximate surface area is 166 Å². The van der Waals surface area contributed by atoms with Gasteiger partial charge < -0.3 is 4.43 Å². The highest BCUT2D eigenvalue weighted by Crippen LogP contribution is 2.51. The quantitative estimate of drug-likeness (QED) is 0.621. The van der Waals surface area contributed by atoms with E-state index in [4.69, 9.17) is 4.43 Å². The molecule has 0 spiro atoms. The fraction of sp³-hybridized carbons (Fsp3) is 0.520. The van der Waals surface area contributed by atoms with Crippen LogP contribution in [0.5, 0.6) is 0 Å². The summed E-state index contributed by atoms with van der Waals surface area (Å²) in [5, 5.41) is 2.90. The molecule has 0 N–H and O–H groups in total. The van der Waals surface area contributed by atoms with E-state index in [2.05, 4.69) is 81.4 Å². The zero-order chi connectivity index (χ0) is 19.0. The molecule has 3 saturated carbocycles. The molecule has 0 atom stereocenters. The molecule has 2 aromatic carbocycles. The first kappa shape index (κ1) is 19.0. The van der Waals surface area contributed by atoms with Crippen LogP contribution in [-0.2, 0) is 4.43 Å². The Morgan fingerprint density at radius 2 is 1.26 bits per heavy atom. The van der Waals surface area contributed by atoms with Crippen molar-refractivity contribution in [1.29, 1.82) is 0 Å². The Balaban J connectivity index is 1.75. The minimum Gasteiger partial charge on any atom is -0.407 e. The van der Waals surface area contributed by atoms with Crippen molar-refractivity contribution in [3.63, 3.8) is 0 Å². The van der Waals surface area contributed by atoms with Crippen LogP contribution in [0.3, 0.4) is 0 Å². The fourth-order valence-corrected chi connectivity index (χ4v) is 10.3. The van der Waals surface area contributed by atoms with E-state index in [9.17, 15) is 0 Å². The van der Waals surface area contributed by atoms with E-state index in [1.54, 1.807) is 0 Å². The molecule has 27 heavy (non-hydrogen) atoms. The molecule has 3 aliphatic rings. The summed E-state index contributed by atoms with van der Waals surface area (Å²) in [7, 11) is -2.38. The molecule has 2 bridgehead atoms. The van der Waals surface area contributed by atoms with Gasteiger partial charge in [0.1, 0.15) is 0 Å². The van der Waals surface area contributed by atoms with Gasteiger partial charge in [0.25, 0.3) is 8.32 Å². The Morgan fingerprint density at radius 3 is 1.67 bits per heavy atom. The Hall–Kier alpha value is -1.38. The predicted molar refractivity (Wildman–Crippen MR) is 117 cm³/mol. The van der Waals surface area contributed by atoms with E-state index in [1.165, 1.54) is 48.9 Å². The lowest BCUT2D eigenvalue weighted by atomic mass is 9.61. The third kappa shape index (κ3) is 3.43. The summed E-state index contributed by atoms with van der Waals surface area (Å²) in [5.41, 5.74) is 0.432. The molecule has 0 aromatic heterocycles. The molecule has 0 saturated heterocycles. The van der Waals surface area contributed by atoms with Crippen molar-refractivity contribution in [2.75, 3.05) is 6.61 Å². The minimum atomic E-state index is -2.38. The van der Waals surface area contributed by atoms with E-state index in [-0.39, 0.29) is 5.04 Å². The summed E-state index contributed by atoms with van der Waals surface area (Å²) < 4.78 is 7.26. The molecule has 144 valence electrons. The van der Waals surface area contributed by atoms with Crippen LogP contribution in [0, 0.1) is 11.3 Å². The smallest absolute Gasteiger partial charge is 0.261 e. The lowest BCUT2D eigenvalue weighted by molar-refractivity contribution is 0.0157. The minimum absolute atomic E-state index is 0.0816. The van der Waals surface area contributed by atoms with Crippen molar-refractivity contribution in [3.05, 3.63) is 60.7 Å². The average molecular weight is 379 g/mol. The molecule has 3 fully saturated rings. The SMILES string of the molecule is CC(C)(C)[Si](OCC12CCC(CC1)CC2)(c1ccccc1)c1ccccc1. The van der Waals surface area contributed by atoms with Crippen LogP contribution in [0.1, 0.15) is 59.3 Å². The Morgan fingerprint density at radius 1 is 0.815 bits per heavy atom. The van der Waals surface area contributed by atoms with Crippen LogP contribution in [0.4, 0.5) is 0 Å². The summed E-state index contributed by atoms with van der Waals surface area (Å²) in [5.74, 6) is 1.000. The van der Waals surface area contributed by atoms with Crippen LogP contribution < -0.4 is 10.4 Å². The lowest BCUT2D eigenvalue weighted by Crippen LogP contribution is -2.67. The molecular weight excluding hydrogens is 344 g/mol. The second-order valence-electron chi connectivity index (χ2n) is 9.93. The van der Waals surface area contributed by atoms with Gasteiger partial charge in [-0.25, -0.2) is 0 Å². The van der Waals surface area contributed by atoms with Gasteiger partial charge in [-0.2, -0.15) is 0 Å². The molecule has 0 amide bonds. The van der Waals surface area contributed by atoms with Crippen LogP contribution in [-0.4, -0.2) is 14.9 Å². The van der Waals surface area contributed by atoms with Gasteiger partial charge in [-0.3, -0.25) is 0 Å². The number of fused-ring (bicyclic) bond motifs is 3. The molecule has 2 aromatic rings. The second-order valence-corrected chi connectivity index (χ2v) is 14.2. The van der Waals surface area contributed by atoms with Crippen molar-refractivity contribution < 1.29 is 4.43 Å². The van der Waals surface area contributed by atoms with Gasteiger partial charge in [0, 0.05) is 6.61 Å². The monoisotopic (exact) mass is 378 g/mol. The maximum absolute atomic E-state index is 7.26. The highest BCUT2D eigenvalue weighted by molar-refractivity contribution is 6.99. The molecule has 0 aliphatic heterocycles. The largest absolute Gasteiger partial charge is 0.407 e. The maximum atomic E-state index is 7.26. The van der Waals surface area contributed by atoms with Crippen molar-refractivity contribution in [2.24, 2.45) is 11.3 Å². The Bertz CT molecular complexity index is 686. The fourth-order valence-electron chi connectivity index (χ4n) is 5.58. The summed E-state index contributed by atoms with van der Waals surface area (Å²) in [6.07, 6.45) is 8.37. The van der Waals surface area contributed by atoms with Gasteiger partial charge in [-0.1, -0.05) is 81.4 Å². The number of rotatable bonds is 5. The van der Waals surface area contributed by atoms with Gasteiger partial charge >= 0.3 is 0 Å². The van der Waals surface area contributed by atoms with Crippen molar-refractivity contribution in [3.8, 4) is 0 Å². The van der Waals surface area contributed by atoms with E-state index >= 15 is 0 Å². The molecule has 5 rings (SSSR count). The lowest BCUT2D eigenvalue weighted by Gasteiger charge is -2.50. The topological polar surface area (TPSA) is 9.23 Å². The zero-order valence-corrected chi connectivity index (χ0v) is 18.2. The Kier molecular flexibility index (Phi) is 5.07. The van der Waals surface area contributed by atoms with Gasteiger partial charge in [-0.05, 0) is 65.3 Å². The third-order valence-corrected chi connectivity index (χ3v) is 12.2. The number of hydrogen-bond acceptors (Lipinski definition) is 1. The van der Waals surface area contributed by atoms with Gasteiger partial charge in [0.15, 0.2) is 0 Å². The van der Waals surface area contributed by atoms with E-state index in [0.717, 1.165) is 12.5 Å². The molecule has 0 heterocycles. The zero-order valence-electron chi connectivity index (χ0n) is 17.2. The van der Waals surface area contributed by atoms with E-state index in [1.807, 2.05) is 0 Å². The third-order valence-electron chi connectivity index (χ3n) is 7.26. The molecular formula is C25H34OSi. The molecule has 1 nitrogen and oxygen atoms in total. The van der Waals surface area contributed by atoms with Gasteiger partial charge in [-0.15, -0.1) is 0 Å². The van der Waals surface area contributed by atoms with Crippen LogP contribution in [0.15, 0.2) is 60.7 Å². The summed E-state index contributed by atoms with van der Waals surface area (Å²) in [4.78, 5) is 0. The van der Waals surface area contributed by atoms with Crippen molar-refractivity contribution in [2.45, 2.75) is 64.3 Å². The first-order chi connectivity index (χ1) is 13.0. The summed E-state index contributed by atoms with van der Waals surface area (Å²) >= 11 is 0.